The number of fused-ring (bicyclic) bond motifs is 4. The van der Waals surface area contributed by atoms with Crippen molar-refractivity contribution < 1.29 is 9.13 Å². The molecule has 28 heavy (non-hydrogen) atoms. The number of hydrogen-bond acceptors (Lipinski definition) is 4. The van der Waals surface area contributed by atoms with Gasteiger partial charge in [-0.1, -0.05) is 24.3 Å². The molecule has 0 unspecified atom stereocenters. The van der Waals surface area contributed by atoms with Gasteiger partial charge in [0.15, 0.2) is 5.71 Å². The predicted octanol–water partition coefficient (Wildman–Crippen LogP) is 5.21. The fourth-order valence-electron chi connectivity index (χ4n) is 3.26. The van der Waals surface area contributed by atoms with E-state index in [4.69, 9.17) is 16.3 Å². The molecule has 5 nitrogen and oxygen atoms in total. The van der Waals surface area contributed by atoms with Crippen LogP contribution in [-0.2, 0) is 0 Å². The first-order valence-corrected chi connectivity index (χ1v) is 8.53. The summed E-state index contributed by atoms with van der Waals surface area (Å²) in [7, 11) is 0. The van der Waals surface area contributed by atoms with Crippen LogP contribution in [0.5, 0.6) is 11.5 Å². The van der Waals surface area contributed by atoms with E-state index in [1.807, 2.05) is 24.3 Å². The van der Waals surface area contributed by atoms with Gasteiger partial charge >= 0.3 is 0 Å². The van der Waals surface area contributed by atoms with Crippen LogP contribution in [0, 0.1) is 12.4 Å². The second kappa shape index (κ2) is 6.25. The van der Waals surface area contributed by atoms with E-state index in [2.05, 4.69) is 15.0 Å². The summed E-state index contributed by atoms with van der Waals surface area (Å²) in [6.07, 6.45) is 0. The molecule has 0 aliphatic heterocycles. The molecule has 1 heterocycles. The fraction of sp³-hybridized carbons (Fsp3) is 0. The van der Waals surface area contributed by atoms with Crippen molar-refractivity contribution in [1.82, 2.24) is 9.97 Å². The van der Waals surface area contributed by atoms with Crippen LogP contribution >= 0.6 is 0 Å². The molecule has 0 bridgehead atoms. The molecular weight excluding hydrogens is 355 g/mol. The molecule has 5 rings (SSSR count). The van der Waals surface area contributed by atoms with Crippen LogP contribution in [0.25, 0.3) is 27.2 Å². The second-order valence-corrected chi connectivity index (χ2v) is 6.22. The number of halogens is 1. The Labute approximate surface area is 159 Å². The Morgan fingerprint density at radius 1 is 0.821 bits per heavy atom. The zero-order valence-corrected chi connectivity index (χ0v) is 14.4. The predicted molar refractivity (Wildman–Crippen MR) is 104 cm³/mol. The van der Waals surface area contributed by atoms with Crippen molar-refractivity contribution in [2.24, 2.45) is 5.10 Å². The molecule has 4 aromatic rings. The Kier molecular flexibility index (Phi) is 3.59. The Hall–Kier alpha value is -4.11. The van der Waals surface area contributed by atoms with Crippen LogP contribution in [0.3, 0.4) is 0 Å². The summed E-state index contributed by atoms with van der Waals surface area (Å²) < 4.78 is 18.9. The molecule has 1 aromatic heterocycles. The zero-order chi connectivity index (χ0) is 19.1. The highest BCUT2D eigenvalue weighted by Gasteiger charge is 2.30. The lowest BCUT2D eigenvalue weighted by Gasteiger charge is -2.07. The van der Waals surface area contributed by atoms with Crippen molar-refractivity contribution in [3.63, 3.8) is 0 Å². The van der Waals surface area contributed by atoms with Gasteiger partial charge in [-0.15, -0.1) is 4.95 Å². The minimum Gasteiger partial charge on any atom is -0.457 e. The maximum absolute atomic E-state index is 13.1. The molecule has 0 amide bonds. The van der Waals surface area contributed by atoms with Crippen molar-refractivity contribution in [2.75, 3.05) is 0 Å². The number of hydrogen-bond donors (Lipinski definition) is 0. The average Bonchev–Trinajstić information content (AvgIpc) is 3.02. The molecule has 0 saturated heterocycles. The smallest absolute Gasteiger partial charge is 0.181 e. The van der Waals surface area contributed by atoms with Crippen LogP contribution in [0.15, 0.2) is 71.8 Å². The summed E-state index contributed by atoms with van der Waals surface area (Å²) in [4.78, 5) is 12.6. The fourth-order valence-corrected chi connectivity index (χ4v) is 3.26. The Bertz CT molecular complexity index is 1310. The van der Waals surface area contributed by atoms with Gasteiger partial charge in [-0.2, -0.15) is 6.57 Å². The van der Waals surface area contributed by atoms with Crippen LogP contribution in [0.4, 0.5) is 4.39 Å². The third-order valence-corrected chi connectivity index (χ3v) is 4.50. The number of rotatable bonds is 2. The van der Waals surface area contributed by atoms with E-state index in [-0.39, 0.29) is 5.82 Å². The van der Waals surface area contributed by atoms with E-state index in [0.29, 0.717) is 39.6 Å². The van der Waals surface area contributed by atoms with Gasteiger partial charge in [-0.3, -0.25) is 0 Å². The van der Waals surface area contributed by atoms with Crippen molar-refractivity contribution in [1.29, 1.82) is 0 Å². The topological polar surface area (TPSA) is 51.7 Å². The molecule has 132 valence electrons. The average molecular weight is 366 g/mol. The van der Waals surface area contributed by atoms with Gasteiger partial charge in [0.05, 0.1) is 21.8 Å². The van der Waals surface area contributed by atoms with Gasteiger partial charge in [-0.05, 0) is 36.4 Å². The largest absolute Gasteiger partial charge is 0.457 e. The zero-order valence-electron chi connectivity index (χ0n) is 14.4. The summed E-state index contributed by atoms with van der Waals surface area (Å²) in [5.74, 6) is 0.796. The molecule has 0 atom stereocenters. The lowest BCUT2D eigenvalue weighted by molar-refractivity contribution is 0.481. The first kappa shape index (κ1) is 16.1. The van der Waals surface area contributed by atoms with Crippen molar-refractivity contribution in [2.45, 2.75) is 0 Å². The Morgan fingerprint density at radius 3 is 2.32 bits per heavy atom. The monoisotopic (exact) mass is 366 g/mol. The van der Waals surface area contributed by atoms with Crippen LogP contribution < -0.4 is 4.74 Å². The maximum atomic E-state index is 13.1. The molecule has 0 saturated carbocycles. The van der Waals surface area contributed by atoms with E-state index in [0.717, 1.165) is 11.1 Å². The Balaban J connectivity index is 1.62. The van der Waals surface area contributed by atoms with Crippen molar-refractivity contribution in [3.05, 3.63) is 95.3 Å². The van der Waals surface area contributed by atoms with Gasteiger partial charge in [0.2, 0.25) is 0 Å². The number of benzene rings is 3. The highest BCUT2D eigenvalue weighted by molar-refractivity contribution is 6.23. The molecule has 1 aliphatic carbocycles. The van der Waals surface area contributed by atoms with Crippen LogP contribution in [0.2, 0.25) is 0 Å². The van der Waals surface area contributed by atoms with E-state index in [1.165, 1.54) is 12.1 Å². The van der Waals surface area contributed by atoms with E-state index >= 15 is 0 Å². The highest BCUT2D eigenvalue weighted by atomic mass is 19.1. The minimum absolute atomic E-state index is 0.317. The van der Waals surface area contributed by atoms with E-state index in [9.17, 15) is 4.39 Å². The van der Waals surface area contributed by atoms with E-state index < -0.39 is 0 Å². The van der Waals surface area contributed by atoms with Gasteiger partial charge in [0.1, 0.15) is 23.0 Å². The summed E-state index contributed by atoms with van der Waals surface area (Å²) >= 11 is 0. The van der Waals surface area contributed by atoms with Crippen LogP contribution in [0.1, 0.15) is 11.3 Å². The van der Waals surface area contributed by atoms with Crippen molar-refractivity contribution >= 4 is 16.7 Å². The third-order valence-electron chi connectivity index (χ3n) is 4.50. The lowest BCUT2D eigenvalue weighted by atomic mass is 10.1. The summed E-state index contributed by atoms with van der Waals surface area (Å²) in [5, 5.41) is 3.94. The van der Waals surface area contributed by atoms with Gasteiger partial charge in [0.25, 0.3) is 0 Å². The molecule has 3 aromatic carbocycles. The quantitative estimate of drug-likeness (QED) is 0.318. The lowest BCUT2D eigenvalue weighted by Crippen LogP contribution is -2.01. The number of aromatic nitrogens is 2. The standard InChI is InChI=1S/C22H11FN4O/c1-24-27-21-17-5-3-2-4-16(17)20-22(21)25-18-11-10-15(12-19(18)26-20)28-14-8-6-13(23)7-9-14/h2-12H. The molecule has 0 fully saturated rings. The Morgan fingerprint density at radius 2 is 1.54 bits per heavy atom. The van der Waals surface area contributed by atoms with Gasteiger partial charge < -0.3 is 4.74 Å². The minimum atomic E-state index is -0.317. The molecule has 6 heteroatoms. The molecule has 0 N–H and O–H groups in total. The number of nitrogens with zero attached hydrogens (tertiary/aromatic N) is 4. The van der Waals surface area contributed by atoms with Gasteiger partial charge in [0, 0.05) is 17.2 Å². The van der Waals surface area contributed by atoms with Crippen LogP contribution in [-0.4, -0.2) is 15.7 Å². The summed E-state index contributed by atoms with van der Waals surface area (Å²) in [5.41, 5.74) is 4.95. The van der Waals surface area contributed by atoms with Crippen molar-refractivity contribution in [3.8, 4) is 22.8 Å². The summed E-state index contributed by atoms with van der Waals surface area (Å²) in [6, 6.07) is 18.9. The first-order chi connectivity index (χ1) is 13.7. The first-order valence-electron chi connectivity index (χ1n) is 8.53. The SMILES string of the molecule is [C-]#[N+]N=C1c2ccccc2-c2nc3cc(Oc4ccc(F)cc4)ccc3nc21. The second-order valence-electron chi connectivity index (χ2n) is 6.22. The molecule has 0 spiro atoms. The molecule has 1 aliphatic rings. The highest BCUT2D eigenvalue weighted by Crippen LogP contribution is 2.36. The van der Waals surface area contributed by atoms with E-state index in [1.54, 1.807) is 30.3 Å². The van der Waals surface area contributed by atoms with Gasteiger partial charge in [-0.25, -0.2) is 14.4 Å². The molecule has 0 radical (unpaired) electrons. The summed E-state index contributed by atoms with van der Waals surface area (Å²) in [6.45, 7) is 7.11. The third kappa shape index (κ3) is 2.58. The maximum Gasteiger partial charge on any atom is 0.181 e. The molecular formula is C22H11FN4O. The normalized spacial score (nSPS) is 13.2. The number of ether oxygens (including phenoxy) is 1.